The van der Waals surface area contributed by atoms with E-state index >= 15 is 0 Å². The molecule has 0 spiro atoms. The van der Waals surface area contributed by atoms with Crippen molar-refractivity contribution in [3.63, 3.8) is 0 Å². The summed E-state index contributed by atoms with van der Waals surface area (Å²) in [5, 5.41) is 8.97. The molecule has 0 amide bonds. The van der Waals surface area contributed by atoms with Gasteiger partial charge in [0.15, 0.2) is 11.6 Å². The van der Waals surface area contributed by atoms with Crippen LogP contribution in [0.25, 0.3) is 10.9 Å². The van der Waals surface area contributed by atoms with E-state index in [4.69, 9.17) is 5.26 Å². The molecule has 2 nitrogen and oxygen atoms in total. The van der Waals surface area contributed by atoms with Crippen molar-refractivity contribution in [1.82, 2.24) is 4.98 Å². The number of hydrogen-bond acceptors (Lipinski definition) is 1. The zero-order chi connectivity index (χ0) is 9.42. The summed E-state index contributed by atoms with van der Waals surface area (Å²) in [5.74, 6) is -2.10. The maximum Gasteiger partial charge on any atom is 0.184 e. The lowest BCUT2D eigenvalue weighted by Gasteiger charge is -1.96. The molecule has 2 rings (SSSR count). The first-order valence-electron chi connectivity index (χ1n) is 3.59. The fourth-order valence-electron chi connectivity index (χ4n) is 1.22. The van der Waals surface area contributed by atoms with Gasteiger partial charge in [0.05, 0.1) is 11.1 Å². The maximum absolute atomic E-state index is 13.1. The number of nitriles is 1. The van der Waals surface area contributed by atoms with E-state index in [9.17, 15) is 8.78 Å². The van der Waals surface area contributed by atoms with E-state index in [0.29, 0.717) is 5.39 Å². The zero-order valence-corrected chi connectivity index (χ0v) is 6.44. The molecule has 0 aliphatic carbocycles. The molecule has 0 bridgehead atoms. The van der Waals surface area contributed by atoms with Crippen molar-refractivity contribution in [2.45, 2.75) is 0 Å². The van der Waals surface area contributed by atoms with E-state index in [1.807, 2.05) is 0 Å². The first-order valence-corrected chi connectivity index (χ1v) is 3.59. The van der Waals surface area contributed by atoms with Crippen molar-refractivity contribution in [2.24, 2.45) is 0 Å². The standard InChI is InChI=1S/C9H4F2N2/c10-7-6(4-12)3-5-1-2-13-9(5)8(7)11/h1-3,13H. The normalized spacial score (nSPS) is 10.2. The van der Waals surface area contributed by atoms with Crippen molar-refractivity contribution in [2.75, 3.05) is 0 Å². The predicted molar refractivity (Wildman–Crippen MR) is 42.9 cm³/mol. The van der Waals surface area contributed by atoms with Gasteiger partial charge in [-0.05, 0) is 12.1 Å². The first kappa shape index (κ1) is 7.74. The molecule has 0 aliphatic rings. The molecule has 64 valence electrons. The van der Waals surface area contributed by atoms with Crippen molar-refractivity contribution in [3.8, 4) is 6.07 Å². The number of hydrogen-bond donors (Lipinski definition) is 1. The molecule has 0 saturated heterocycles. The highest BCUT2D eigenvalue weighted by Crippen LogP contribution is 2.21. The molecule has 2 aromatic rings. The Morgan fingerprint density at radius 1 is 1.31 bits per heavy atom. The van der Waals surface area contributed by atoms with Gasteiger partial charge in [-0.1, -0.05) is 0 Å². The Labute approximate surface area is 72.4 Å². The van der Waals surface area contributed by atoms with Crippen LogP contribution in [-0.4, -0.2) is 4.98 Å². The molecule has 0 saturated carbocycles. The summed E-state index contributed by atoms with van der Waals surface area (Å²) < 4.78 is 26.1. The molecule has 0 unspecified atom stereocenters. The van der Waals surface area contributed by atoms with E-state index in [1.54, 1.807) is 12.1 Å². The van der Waals surface area contributed by atoms with Crippen LogP contribution in [0, 0.1) is 23.0 Å². The quantitative estimate of drug-likeness (QED) is 0.660. The zero-order valence-electron chi connectivity index (χ0n) is 6.44. The van der Waals surface area contributed by atoms with Gasteiger partial charge in [0.1, 0.15) is 6.07 Å². The van der Waals surface area contributed by atoms with Crippen LogP contribution < -0.4 is 0 Å². The van der Waals surface area contributed by atoms with Crippen molar-refractivity contribution >= 4 is 10.9 Å². The Hall–Kier alpha value is -1.89. The molecule has 1 heterocycles. The van der Waals surface area contributed by atoms with Gasteiger partial charge in [0.25, 0.3) is 0 Å². The summed E-state index contributed by atoms with van der Waals surface area (Å²) >= 11 is 0. The van der Waals surface area contributed by atoms with Crippen LogP contribution in [0.2, 0.25) is 0 Å². The van der Waals surface area contributed by atoms with E-state index in [0.717, 1.165) is 0 Å². The minimum atomic E-state index is -1.10. The van der Waals surface area contributed by atoms with Crippen molar-refractivity contribution in [3.05, 3.63) is 35.5 Å². The topological polar surface area (TPSA) is 39.6 Å². The van der Waals surface area contributed by atoms with E-state index in [-0.39, 0.29) is 11.1 Å². The average molecular weight is 178 g/mol. The number of nitrogens with zero attached hydrogens (tertiary/aromatic N) is 1. The molecule has 0 radical (unpaired) electrons. The summed E-state index contributed by atoms with van der Waals surface area (Å²) in [6, 6.07) is 4.48. The second kappa shape index (κ2) is 2.56. The van der Waals surface area contributed by atoms with Crippen LogP contribution in [0.1, 0.15) is 5.56 Å². The highest BCUT2D eigenvalue weighted by atomic mass is 19.2. The Morgan fingerprint density at radius 3 is 2.77 bits per heavy atom. The number of benzene rings is 1. The number of halogens is 2. The second-order valence-corrected chi connectivity index (χ2v) is 2.61. The summed E-state index contributed by atoms with van der Waals surface area (Å²) in [5.41, 5.74) is -0.180. The molecule has 1 aromatic carbocycles. The van der Waals surface area contributed by atoms with Gasteiger partial charge in [0.2, 0.25) is 0 Å². The highest BCUT2D eigenvalue weighted by molar-refractivity contribution is 5.81. The Morgan fingerprint density at radius 2 is 2.08 bits per heavy atom. The molecular weight excluding hydrogens is 174 g/mol. The number of H-pyrrole nitrogens is 1. The van der Waals surface area contributed by atoms with Crippen LogP contribution in [0.4, 0.5) is 8.78 Å². The van der Waals surface area contributed by atoms with Gasteiger partial charge in [-0.15, -0.1) is 0 Å². The number of rotatable bonds is 0. The number of fused-ring (bicyclic) bond motifs is 1. The van der Waals surface area contributed by atoms with Gasteiger partial charge in [0, 0.05) is 11.6 Å². The van der Waals surface area contributed by atoms with Crippen molar-refractivity contribution < 1.29 is 8.78 Å². The molecule has 13 heavy (non-hydrogen) atoms. The molecule has 4 heteroatoms. The van der Waals surface area contributed by atoms with E-state index in [1.165, 1.54) is 12.3 Å². The highest BCUT2D eigenvalue weighted by Gasteiger charge is 2.13. The fourth-order valence-corrected chi connectivity index (χ4v) is 1.22. The van der Waals surface area contributed by atoms with E-state index in [2.05, 4.69) is 4.98 Å². The third-order valence-electron chi connectivity index (χ3n) is 1.85. The van der Waals surface area contributed by atoms with Gasteiger partial charge >= 0.3 is 0 Å². The summed E-state index contributed by atoms with van der Waals surface area (Å²) in [6.45, 7) is 0. The molecule has 0 fully saturated rings. The maximum atomic E-state index is 13.1. The lowest BCUT2D eigenvalue weighted by Crippen LogP contribution is -1.90. The Kier molecular flexibility index (Phi) is 1.52. The fraction of sp³-hybridized carbons (Fsp3) is 0. The lowest BCUT2D eigenvalue weighted by atomic mass is 10.1. The number of aromatic amines is 1. The molecule has 1 aromatic heterocycles. The lowest BCUT2D eigenvalue weighted by molar-refractivity contribution is 0.513. The van der Waals surface area contributed by atoms with Crippen LogP contribution in [-0.2, 0) is 0 Å². The minimum Gasteiger partial charge on any atom is -0.359 e. The third kappa shape index (κ3) is 0.975. The minimum absolute atomic E-state index is 0.0940. The third-order valence-corrected chi connectivity index (χ3v) is 1.85. The summed E-state index contributed by atoms with van der Waals surface area (Å²) in [7, 11) is 0. The molecule has 0 aliphatic heterocycles. The van der Waals surface area contributed by atoms with E-state index < -0.39 is 11.6 Å². The van der Waals surface area contributed by atoms with Crippen LogP contribution >= 0.6 is 0 Å². The van der Waals surface area contributed by atoms with Gasteiger partial charge in [-0.25, -0.2) is 8.78 Å². The summed E-state index contributed by atoms with van der Waals surface area (Å²) in [4.78, 5) is 2.56. The molecular formula is C9H4F2N2. The SMILES string of the molecule is N#Cc1cc2cc[nH]c2c(F)c1F. The average Bonchev–Trinajstić information content (AvgIpc) is 2.59. The monoisotopic (exact) mass is 178 g/mol. The second-order valence-electron chi connectivity index (χ2n) is 2.61. The van der Waals surface area contributed by atoms with Crippen LogP contribution in [0.3, 0.4) is 0 Å². The van der Waals surface area contributed by atoms with Gasteiger partial charge in [-0.2, -0.15) is 5.26 Å². The number of nitrogens with one attached hydrogen (secondary N) is 1. The van der Waals surface area contributed by atoms with Gasteiger partial charge in [-0.3, -0.25) is 0 Å². The smallest absolute Gasteiger partial charge is 0.184 e. The van der Waals surface area contributed by atoms with Crippen LogP contribution in [0.5, 0.6) is 0 Å². The summed E-state index contributed by atoms with van der Waals surface area (Å²) in [6.07, 6.45) is 1.49. The molecule has 1 N–H and O–H groups in total. The largest absolute Gasteiger partial charge is 0.359 e. The van der Waals surface area contributed by atoms with Crippen LogP contribution in [0.15, 0.2) is 18.3 Å². The Bertz CT molecular complexity index is 508. The predicted octanol–water partition coefficient (Wildman–Crippen LogP) is 2.32. The van der Waals surface area contributed by atoms with Gasteiger partial charge < -0.3 is 4.98 Å². The first-order chi connectivity index (χ1) is 6.24. The Balaban J connectivity index is 2.94. The van der Waals surface area contributed by atoms with Crippen molar-refractivity contribution in [1.29, 1.82) is 5.26 Å². The number of aromatic nitrogens is 1. The molecule has 0 atom stereocenters.